The van der Waals surface area contributed by atoms with Crippen LogP contribution in [0.25, 0.3) is 0 Å². The van der Waals surface area contributed by atoms with Gasteiger partial charge in [0.25, 0.3) is 0 Å². The van der Waals surface area contributed by atoms with E-state index in [4.69, 9.17) is 0 Å². The van der Waals surface area contributed by atoms with E-state index in [9.17, 15) is 9.59 Å². The third kappa shape index (κ3) is 3.92. The number of nitrogens with one attached hydrogen (secondary N) is 1. The van der Waals surface area contributed by atoms with Crippen LogP contribution < -0.4 is 5.32 Å². The molecule has 0 rings (SSSR count). The predicted octanol–water partition coefficient (Wildman–Crippen LogP) is 1.35. The molecule has 0 aliphatic rings. The van der Waals surface area contributed by atoms with Crippen LogP contribution in [0.3, 0.4) is 0 Å². The van der Waals surface area contributed by atoms with Crippen LogP contribution in [-0.4, -0.2) is 25.0 Å². The average Bonchev–Trinajstić information content (AvgIpc) is 2.11. The van der Waals surface area contributed by atoms with Crippen LogP contribution in [0.2, 0.25) is 0 Å². The fourth-order valence-corrected chi connectivity index (χ4v) is 1.07. The van der Waals surface area contributed by atoms with Crippen molar-refractivity contribution in [2.75, 3.05) is 7.11 Å². The summed E-state index contributed by atoms with van der Waals surface area (Å²) in [6.07, 6.45) is 0.286. The Labute approximate surface area is 78.6 Å². The molecule has 13 heavy (non-hydrogen) atoms. The summed E-state index contributed by atoms with van der Waals surface area (Å²) in [7, 11) is 1.28. The minimum atomic E-state index is -0.555. The van der Waals surface area contributed by atoms with Gasteiger partial charge in [0.05, 0.1) is 13.2 Å². The van der Waals surface area contributed by atoms with Crippen LogP contribution in [0.4, 0.5) is 4.79 Å². The van der Waals surface area contributed by atoms with Crippen molar-refractivity contribution in [3.8, 4) is 0 Å². The average molecular weight is 187 g/mol. The Balaban J connectivity index is 4.26. The lowest BCUT2D eigenvalue weighted by Crippen LogP contribution is -2.43. The number of hydrogen-bond donors (Lipinski definition) is 1. The highest BCUT2D eigenvalue weighted by Gasteiger charge is 2.22. The van der Waals surface area contributed by atoms with Gasteiger partial charge in [-0.1, -0.05) is 20.3 Å². The predicted molar refractivity (Wildman–Crippen MR) is 49.5 cm³/mol. The largest absolute Gasteiger partial charge is 0.453 e. The number of ether oxygens (including phenoxy) is 1. The van der Waals surface area contributed by atoms with Gasteiger partial charge in [0.15, 0.2) is 5.78 Å². The molecule has 0 heterocycles. The van der Waals surface area contributed by atoms with Crippen LogP contribution in [0.15, 0.2) is 0 Å². The standard InChI is InChI=1S/C9H17NO3/c1-5-6(2)8(7(3)11)10-9(12)13-4/h6,8H,5H2,1-4H3,(H,10,12)/t6-,8-/m0/s1. The molecule has 0 saturated heterocycles. The number of amides is 1. The van der Waals surface area contributed by atoms with Crippen molar-refractivity contribution in [2.45, 2.75) is 33.2 Å². The van der Waals surface area contributed by atoms with Crippen molar-refractivity contribution in [1.29, 1.82) is 0 Å². The zero-order valence-electron chi connectivity index (χ0n) is 8.59. The maximum atomic E-state index is 11.1. The first kappa shape index (κ1) is 11.9. The van der Waals surface area contributed by atoms with Gasteiger partial charge in [-0.15, -0.1) is 0 Å². The van der Waals surface area contributed by atoms with Crippen molar-refractivity contribution in [3.63, 3.8) is 0 Å². The lowest BCUT2D eigenvalue weighted by Gasteiger charge is -2.20. The molecule has 0 aromatic rings. The first-order chi connectivity index (χ1) is 6.02. The van der Waals surface area contributed by atoms with Crippen molar-refractivity contribution < 1.29 is 14.3 Å². The van der Waals surface area contributed by atoms with Gasteiger partial charge in [-0.2, -0.15) is 0 Å². The lowest BCUT2D eigenvalue weighted by atomic mass is 9.96. The summed E-state index contributed by atoms with van der Waals surface area (Å²) in [5.74, 6) is 0.0938. The van der Waals surface area contributed by atoms with Crippen molar-refractivity contribution >= 4 is 11.9 Å². The van der Waals surface area contributed by atoms with Crippen molar-refractivity contribution in [1.82, 2.24) is 5.32 Å². The van der Waals surface area contributed by atoms with Gasteiger partial charge in [0.2, 0.25) is 0 Å². The van der Waals surface area contributed by atoms with Crippen LogP contribution in [-0.2, 0) is 9.53 Å². The zero-order valence-corrected chi connectivity index (χ0v) is 8.59. The third-order valence-corrected chi connectivity index (χ3v) is 2.11. The Morgan fingerprint density at radius 1 is 1.46 bits per heavy atom. The maximum absolute atomic E-state index is 11.1. The zero-order chi connectivity index (χ0) is 10.4. The molecule has 1 amide bonds. The summed E-state index contributed by atoms with van der Waals surface area (Å²) in [4.78, 5) is 22.0. The maximum Gasteiger partial charge on any atom is 0.407 e. The Kier molecular flexibility index (Phi) is 5.11. The second kappa shape index (κ2) is 5.56. The molecule has 0 unspecified atom stereocenters. The molecule has 0 saturated carbocycles. The van der Waals surface area contributed by atoms with Gasteiger partial charge in [-0.25, -0.2) is 4.79 Å². The van der Waals surface area contributed by atoms with E-state index in [2.05, 4.69) is 10.1 Å². The Morgan fingerprint density at radius 3 is 2.31 bits per heavy atom. The van der Waals surface area contributed by atoms with E-state index >= 15 is 0 Å². The molecule has 0 aliphatic carbocycles. The van der Waals surface area contributed by atoms with Crippen LogP contribution >= 0.6 is 0 Å². The minimum Gasteiger partial charge on any atom is -0.453 e. The fourth-order valence-electron chi connectivity index (χ4n) is 1.07. The highest BCUT2D eigenvalue weighted by atomic mass is 16.5. The van der Waals surface area contributed by atoms with E-state index in [0.29, 0.717) is 0 Å². The Hall–Kier alpha value is -1.06. The first-order valence-electron chi connectivity index (χ1n) is 4.37. The number of Topliss-reactive ketones (excluding diaryl/α,β-unsaturated/α-hetero) is 1. The second-order valence-corrected chi connectivity index (χ2v) is 3.11. The molecule has 4 heteroatoms. The Bertz CT molecular complexity index is 191. The van der Waals surface area contributed by atoms with Gasteiger partial charge < -0.3 is 10.1 Å². The molecule has 0 aromatic carbocycles. The van der Waals surface area contributed by atoms with Crippen molar-refractivity contribution in [3.05, 3.63) is 0 Å². The molecule has 0 aromatic heterocycles. The number of ketones is 1. The third-order valence-electron chi connectivity index (χ3n) is 2.11. The summed E-state index contributed by atoms with van der Waals surface area (Å²) < 4.78 is 4.42. The van der Waals surface area contributed by atoms with Gasteiger partial charge in [-0.05, 0) is 12.8 Å². The molecular formula is C9H17NO3. The molecule has 2 atom stereocenters. The van der Waals surface area contributed by atoms with E-state index in [1.807, 2.05) is 13.8 Å². The minimum absolute atomic E-state index is 0.0419. The van der Waals surface area contributed by atoms with Crippen LogP contribution in [0, 0.1) is 5.92 Å². The van der Waals surface area contributed by atoms with E-state index in [0.717, 1.165) is 6.42 Å². The van der Waals surface area contributed by atoms with Gasteiger partial charge in [0.1, 0.15) is 0 Å². The fraction of sp³-hybridized carbons (Fsp3) is 0.778. The van der Waals surface area contributed by atoms with Gasteiger partial charge in [-0.3, -0.25) is 4.79 Å². The highest BCUT2D eigenvalue weighted by Crippen LogP contribution is 2.08. The number of rotatable bonds is 4. The molecule has 0 aliphatic heterocycles. The number of alkyl carbamates (subject to hydrolysis) is 1. The summed E-state index contributed by atoms with van der Waals surface area (Å²) in [5.41, 5.74) is 0. The van der Waals surface area contributed by atoms with E-state index < -0.39 is 12.1 Å². The quantitative estimate of drug-likeness (QED) is 0.722. The normalized spacial score (nSPS) is 14.5. The molecule has 0 fully saturated rings. The smallest absolute Gasteiger partial charge is 0.407 e. The molecular weight excluding hydrogens is 170 g/mol. The second-order valence-electron chi connectivity index (χ2n) is 3.11. The Morgan fingerprint density at radius 2 is 2.00 bits per heavy atom. The topological polar surface area (TPSA) is 55.4 Å². The van der Waals surface area contributed by atoms with Gasteiger partial charge in [0, 0.05) is 0 Å². The molecule has 76 valence electrons. The SMILES string of the molecule is CC[C@H](C)[C@H](NC(=O)OC)C(C)=O. The van der Waals surface area contributed by atoms with Crippen LogP contribution in [0.5, 0.6) is 0 Å². The van der Waals surface area contributed by atoms with Gasteiger partial charge >= 0.3 is 6.09 Å². The lowest BCUT2D eigenvalue weighted by molar-refractivity contribution is -0.120. The number of methoxy groups -OCH3 is 1. The van der Waals surface area contributed by atoms with Crippen molar-refractivity contribution in [2.24, 2.45) is 5.92 Å². The summed E-state index contributed by atoms with van der Waals surface area (Å²) in [5, 5.41) is 2.51. The molecule has 0 radical (unpaired) electrons. The summed E-state index contributed by atoms with van der Waals surface area (Å²) in [6, 6.07) is -0.433. The van der Waals surface area contributed by atoms with Crippen LogP contribution in [0.1, 0.15) is 27.2 Å². The molecule has 4 nitrogen and oxygen atoms in total. The molecule has 1 N–H and O–H groups in total. The molecule has 0 spiro atoms. The van der Waals surface area contributed by atoms with E-state index in [1.54, 1.807) is 0 Å². The first-order valence-corrected chi connectivity index (χ1v) is 4.37. The number of carbonyl (C=O) groups is 2. The monoisotopic (exact) mass is 187 g/mol. The summed E-state index contributed by atoms with van der Waals surface area (Å²) >= 11 is 0. The number of hydrogen-bond acceptors (Lipinski definition) is 3. The summed E-state index contributed by atoms with van der Waals surface area (Å²) in [6.45, 7) is 5.36. The molecule has 0 bridgehead atoms. The number of carbonyl (C=O) groups excluding carboxylic acids is 2. The van der Waals surface area contributed by atoms with E-state index in [1.165, 1.54) is 14.0 Å². The van der Waals surface area contributed by atoms with E-state index in [-0.39, 0.29) is 11.7 Å². The highest BCUT2D eigenvalue weighted by molar-refractivity contribution is 5.85.